The van der Waals surface area contributed by atoms with Gasteiger partial charge in [0.05, 0.1) is 6.61 Å². The van der Waals surface area contributed by atoms with Gasteiger partial charge in [-0.3, -0.25) is 4.90 Å². The van der Waals surface area contributed by atoms with E-state index in [1.165, 1.54) is 6.42 Å². The summed E-state index contributed by atoms with van der Waals surface area (Å²) >= 11 is 0. The first kappa shape index (κ1) is 14.9. The van der Waals surface area contributed by atoms with Gasteiger partial charge in [-0.05, 0) is 32.2 Å². The molecule has 0 aliphatic heterocycles. The van der Waals surface area contributed by atoms with Crippen molar-refractivity contribution in [2.45, 2.75) is 46.6 Å². The summed E-state index contributed by atoms with van der Waals surface area (Å²) in [6, 6.07) is 0.472. The van der Waals surface area contributed by atoms with E-state index < -0.39 is 0 Å². The molecule has 0 fully saturated rings. The molecule has 0 heterocycles. The van der Waals surface area contributed by atoms with Crippen LogP contribution in [0.2, 0.25) is 0 Å². The van der Waals surface area contributed by atoms with Gasteiger partial charge < -0.3 is 10.8 Å². The second-order valence-corrected chi connectivity index (χ2v) is 5.05. The van der Waals surface area contributed by atoms with Crippen molar-refractivity contribution in [3.63, 3.8) is 0 Å². The second-order valence-electron chi connectivity index (χ2n) is 5.05. The van der Waals surface area contributed by atoms with Crippen LogP contribution in [0.15, 0.2) is 0 Å². The van der Waals surface area contributed by atoms with E-state index in [0.717, 1.165) is 26.1 Å². The first-order valence-corrected chi connectivity index (χ1v) is 6.04. The molecule has 0 amide bonds. The van der Waals surface area contributed by atoms with Crippen LogP contribution in [0.1, 0.15) is 40.5 Å². The largest absolute Gasteiger partial charge is 0.395 e. The van der Waals surface area contributed by atoms with Crippen LogP contribution < -0.4 is 5.73 Å². The molecule has 15 heavy (non-hydrogen) atoms. The highest BCUT2D eigenvalue weighted by atomic mass is 16.3. The molecule has 0 radical (unpaired) electrons. The van der Waals surface area contributed by atoms with Crippen molar-refractivity contribution in [3.05, 3.63) is 0 Å². The number of aliphatic hydroxyl groups is 1. The summed E-state index contributed by atoms with van der Waals surface area (Å²) in [6.45, 7) is 11.4. The summed E-state index contributed by atoms with van der Waals surface area (Å²) in [7, 11) is 0. The van der Waals surface area contributed by atoms with Crippen LogP contribution >= 0.6 is 0 Å². The summed E-state index contributed by atoms with van der Waals surface area (Å²) in [4.78, 5) is 2.31. The van der Waals surface area contributed by atoms with Crippen molar-refractivity contribution in [1.29, 1.82) is 0 Å². The van der Waals surface area contributed by atoms with Gasteiger partial charge in [-0.1, -0.05) is 20.3 Å². The van der Waals surface area contributed by atoms with E-state index in [2.05, 4.69) is 32.6 Å². The van der Waals surface area contributed by atoms with Gasteiger partial charge >= 0.3 is 0 Å². The van der Waals surface area contributed by atoms with Gasteiger partial charge in [-0.15, -0.1) is 0 Å². The molecule has 0 rings (SSSR count). The summed E-state index contributed by atoms with van der Waals surface area (Å²) in [5.41, 5.74) is 6.04. The predicted octanol–water partition coefficient (Wildman–Crippen LogP) is 1.45. The highest BCUT2D eigenvalue weighted by Gasteiger charge is 2.25. The molecule has 92 valence electrons. The Morgan fingerprint density at radius 2 is 2.00 bits per heavy atom. The van der Waals surface area contributed by atoms with Crippen LogP contribution in [0.25, 0.3) is 0 Å². The van der Waals surface area contributed by atoms with Gasteiger partial charge in [0.15, 0.2) is 0 Å². The van der Waals surface area contributed by atoms with Crippen LogP contribution in [0.5, 0.6) is 0 Å². The van der Waals surface area contributed by atoms with Gasteiger partial charge in [-0.25, -0.2) is 0 Å². The third-order valence-electron chi connectivity index (χ3n) is 3.05. The first-order chi connectivity index (χ1) is 6.99. The van der Waals surface area contributed by atoms with Crippen molar-refractivity contribution in [2.24, 2.45) is 11.1 Å². The molecule has 0 aromatic carbocycles. The van der Waals surface area contributed by atoms with Gasteiger partial charge in [0.1, 0.15) is 0 Å². The van der Waals surface area contributed by atoms with Gasteiger partial charge in [0.2, 0.25) is 0 Å². The Hall–Kier alpha value is -0.120. The van der Waals surface area contributed by atoms with Crippen LogP contribution in [0.3, 0.4) is 0 Å². The fraction of sp³-hybridized carbons (Fsp3) is 1.00. The minimum atomic E-state index is 0.189. The lowest BCUT2D eigenvalue weighted by atomic mass is 9.85. The molecule has 0 bridgehead atoms. The van der Waals surface area contributed by atoms with E-state index in [4.69, 9.17) is 10.8 Å². The molecule has 0 aromatic rings. The molecule has 0 aromatic heterocycles. The van der Waals surface area contributed by atoms with Crippen molar-refractivity contribution >= 4 is 0 Å². The molecule has 0 aliphatic carbocycles. The van der Waals surface area contributed by atoms with Crippen molar-refractivity contribution in [1.82, 2.24) is 4.90 Å². The Bertz CT molecular complexity index is 162. The molecule has 0 aliphatic rings. The lowest BCUT2D eigenvalue weighted by Crippen LogP contribution is -2.44. The van der Waals surface area contributed by atoms with Crippen LogP contribution in [-0.4, -0.2) is 42.3 Å². The standard InChI is InChI=1S/C12H28N2O/c1-5-6-12(4,9-13)10-14(7-8-15)11(2)3/h11,15H,5-10,13H2,1-4H3. The molecule has 3 N–H and O–H groups in total. The number of hydrogen-bond donors (Lipinski definition) is 2. The van der Waals surface area contributed by atoms with E-state index in [-0.39, 0.29) is 12.0 Å². The monoisotopic (exact) mass is 216 g/mol. The van der Waals surface area contributed by atoms with Crippen LogP contribution in [-0.2, 0) is 0 Å². The minimum Gasteiger partial charge on any atom is -0.395 e. The highest BCUT2D eigenvalue weighted by Crippen LogP contribution is 2.23. The Labute approximate surface area is 94.6 Å². The number of nitrogens with zero attached hydrogens (tertiary/aromatic N) is 1. The molecule has 3 heteroatoms. The molecule has 0 saturated heterocycles. The Morgan fingerprint density at radius 3 is 2.33 bits per heavy atom. The maximum absolute atomic E-state index is 9.01. The molecular formula is C12H28N2O. The maximum atomic E-state index is 9.01. The van der Waals surface area contributed by atoms with Gasteiger partial charge in [-0.2, -0.15) is 0 Å². The second kappa shape index (κ2) is 7.20. The number of hydrogen-bond acceptors (Lipinski definition) is 3. The Balaban J connectivity index is 4.33. The molecule has 1 atom stereocenters. The smallest absolute Gasteiger partial charge is 0.0558 e. The average molecular weight is 216 g/mol. The van der Waals surface area contributed by atoms with Crippen molar-refractivity contribution in [2.75, 3.05) is 26.2 Å². The summed E-state index contributed by atoms with van der Waals surface area (Å²) < 4.78 is 0. The normalized spacial score (nSPS) is 16.0. The van der Waals surface area contributed by atoms with Crippen molar-refractivity contribution in [3.8, 4) is 0 Å². The molecule has 0 saturated carbocycles. The molecule has 1 unspecified atom stereocenters. The number of rotatable bonds is 8. The van der Waals surface area contributed by atoms with Crippen LogP contribution in [0.4, 0.5) is 0 Å². The number of nitrogens with two attached hydrogens (primary N) is 1. The van der Waals surface area contributed by atoms with E-state index in [0.29, 0.717) is 6.04 Å². The highest BCUT2D eigenvalue weighted by molar-refractivity contribution is 4.80. The van der Waals surface area contributed by atoms with Gasteiger partial charge in [0, 0.05) is 19.1 Å². The zero-order valence-electron chi connectivity index (χ0n) is 10.8. The minimum absolute atomic E-state index is 0.189. The summed E-state index contributed by atoms with van der Waals surface area (Å²) in [5, 5.41) is 9.01. The zero-order chi connectivity index (χ0) is 11.9. The third-order valence-corrected chi connectivity index (χ3v) is 3.05. The lowest BCUT2D eigenvalue weighted by molar-refractivity contribution is 0.106. The first-order valence-electron chi connectivity index (χ1n) is 6.04. The Kier molecular flexibility index (Phi) is 7.14. The topological polar surface area (TPSA) is 49.5 Å². The average Bonchev–Trinajstić information content (AvgIpc) is 2.17. The SMILES string of the molecule is CCCC(C)(CN)CN(CCO)C(C)C. The van der Waals surface area contributed by atoms with E-state index in [9.17, 15) is 0 Å². The fourth-order valence-electron chi connectivity index (χ4n) is 1.99. The van der Waals surface area contributed by atoms with E-state index in [1.807, 2.05) is 0 Å². The predicted molar refractivity (Wildman–Crippen MR) is 65.9 cm³/mol. The molecule has 3 nitrogen and oxygen atoms in total. The van der Waals surface area contributed by atoms with E-state index >= 15 is 0 Å². The van der Waals surface area contributed by atoms with E-state index in [1.54, 1.807) is 0 Å². The lowest BCUT2D eigenvalue weighted by Gasteiger charge is -2.36. The molecule has 0 spiro atoms. The summed E-state index contributed by atoms with van der Waals surface area (Å²) in [5.74, 6) is 0. The third kappa shape index (κ3) is 5.50. The Morgan fingerprint density at radius 1 is 1.40 bits per heavy atom. The quantitative estimate of drug-likeness (QED) is 0.646. The number of aliphatic hydroxyl groups excluding tert-OH is 1. The molecular weight excluding hydrogens is 188 g/mol. The van der Waals surface area contributed by atoms with Gasteiger partial charge in [0.25, 0.3) is 0 Å². The zero-order valence-corrected chi connectivity index (χ0v) is 10.8. The van der Waals surface area contributed by atoms with Crippen LogP contribution in [0, 0.1) is 5.41 Å². The fourth-order valence-corrected chi connectivity index (χ4v) is 1.99. The van der Waals surface area contributed by atoms with Crippen molar-refractivity contribution < 1.29 is 5.11 Å². The summed E-state index contributed by atoms with van der Waals surface area (Å²) in [6.07, 6.45) is 2.32. The maximum Gasteiger partial charge on any atom is 0.0558 e.